The number of hydrogen-bond acceptors (Lipinski definition) is 3. The molecule has 1 atom stereocenters. The first-order chi connectivity index (χ1) is 8.54. The molecule has 0 bridgehead atoms. The van der Waals surface area contributed by atoms with Crippen LogP contribution in [-0.4, -0.2) is 32.2 Å². The minimum Gasteiger partial charge on any atom is -0.434 e. The summed E-state index contributed by atoms with van der Waals surface area (Å²) >= 11 is 0. The van der Waals surface area contributed by atoms with Crippen molar-refractivity contribution in [2.24, 2.45) is 0 Å². The molecule has 0 aliphatic rings. The van der Waals surface area contributed by atoms with Crippen LogP contribution >= 0.6 is 12.4 Å². The third-order valence-electron chi connectivity index (χ3n) is 2.41. The minimum atomic E-state index is -2.95. The highest BCUT2D eigenvalue weighted by Gasteiger charge is 2.15. The number of alkyl halides is 2. The van der Waals surface area contributed by atoms with E-state index in [1.165, 1.54) is 18.2 Å². The monoisotopic (exact) mass is 294 g/mol. The Kier molecular flexibility index (Phi) is 8.02. The van der Waals surface area contributed by atoms with Crippen molar-refractivity contribution in [1.82, 2.24) is 10.6 Å². The molecule has 0 radical (unpaired) electrons. The van der Waals surface area contributed by atoms with E-state index in [2.05, 4.69) is 15.4 Å². The van der Waals surface area contributed by atoms with Crippen molar-refractivity contribution in [1.29, 1.82) is 0 Å². The van der Waals surface area contributed by atoms with Crippen LogP contribution in [-0.2, 0) is 0 Å². The predicted molar refractivity (Wildman–Crippen MR) is 71.2 cm³/mol. The van der Waals surface area contributed by atoms with Crippen molar-refractivity contribution in [2.45, 2.75) is 19.6 Å². The second-order valence-electron chi connectivity index (χ2n) is 3.77. The second-order valence-corrected chi connectivity index (χ2v) is 3.77. The van der Waals surface area contributed by atoms with Crippen LogP contribution in [0.5, 0.6) is 5.75 Å². The molecular formula is C12H17ClF2N2O2. The van der Waals surface area contributed by atoms with Crippen molar-refractivity contribution < 1.29 is 18.3 Å². The van der Waals surface area contributed by atoms with Gasteiger partial charge in [-0.25, -0.2) is 0 Å². The maximum atomic E-state index is 12.2. The van der Waals surface area contributed by atoms with E-state index in [1.54, 1.807) is 13.1 Å². The SMILES string of the molecule is CNC(C)CNC(=O)c1ccccc1OC(F)F.Cl. The smallest absolute Gasteiger partial charge is 0.387 e. The number of likely N-dealkylation sites (N-methyl/N-ethyl adjacent to an activating group) is 1. The summed E-state index contributed by atoms with van der Waals surface area (Å²) in [5.74, 6) is -0.560. The molecule has 1 aromatic carbocycles. The molecule has 0 saturated heterocycles. The quantitative estimate of drug-likeness (QED) is 0.844. The van der Waals surface area contributed by atoms with E-state index >= 15 is 0 Å². The van der Waals surface area contributed by atoms with E-state index in [-0.39, 0.29) is 29.8 Å². The van der Waals surface area contributed by atoms with Crippen molar-refractivity contribution in [2.75, 3.05) is 13.6 Å². The molecule has 7 heteroatoms. The summed E-state index contributed by atoms with van der Waals surface area (Å²) in [6, 6.07) is 6.00. The molecule has 1 rings (SSSR count). The molecule has 108 valence electrons. The van der Waals surface area contributed by atoms with Crippen LogP contribution in [0, 0.1) is 0 Å². The minimum absolute atomic E-state index is 0. The first kappa shape index (κ1) is 17.6. The molecule has 1 amide bonds. The summed E-state index contributed by atoms with van der Waals surface area (Å²) in [6.45, 7) is -0.657. The normalized spacial score (nSPS) is 11.6. The maximum Gasteiger partial charge on any atom is 0.387 e. The standard InChI is InChI=1S/C12H16F2N2O2.ClH/c1-8(15-2)7-16-11(17)9-5-3-4-6-10(9)18-12(13)14;/h3-6,8,12,15H,7H2,1-2H3,(H,16,17);1H. The van der Waals surface area contributed by atoms with E-state index in [0.29, 0.717) is 6.54 Å². The zero-order valence-corrected chi connectivity index (χ0v) is 11.5. The largest absolute Gasteiger partial charge is 0.434 e. The molecule has 0 fully saturated rings. The van der Waals surface area contributed by atoms with Gasteiger partial charge in [-0.2, -0.15) is 8.78 Å². The van der Waals surface area contributed by atoms with E-state index in [1.807, 2.05) is 6.92 Å². The predicted octanol–water partition coefficient (Wildman–Crippen LogP) is 2.05. The fourth-order valence-electron chi connectivity index (χ4n) is 1.30. The summed E-state index contributed by atoms with van der Waals surface area (Å²) < 4.78 is 28.6. The average Bonchev–Trinajstić information content (AvgIpc) is 2.35. The van der Waals surface area contributed by atoms with Gasteiger partial charge in [0.25, 0.3) is 5.91 Å². The van der Waals surface area contributed by atoms with Gasteiger partial charge in [-0.15, -0.1) is 12.4 Å². The summed E-state index contributed by atoms with van der Waals surface area (Å²) in [5, 5.41) is 5.59. The highest BCUT2D eigenvalue weighted by molar-refractivity contribution is 5.96. The van der Waals surface area contributed by atoms with Gasteiger partial charge in [0.2, 0.25) is 0 Å². The fraction of sp³-hybridized carbons (Fsp3) is 0.417. The second kappa shape index (κ2) is 8.66. The number of carbonyl (C=O) groups is 1. The van der Waals surface area contributed by atoms with E-state index < -0.39 is 12.5 Å². The number of nitrogens with one attached hydrogen (secondary N) is 2. The molecular weight excluding hydrogens is 278 g/mol. The number of benzene rings is 1. The summed E-state index contributed by atoms with van der Waals surface area (Å²) in [4.78, 5) is 11.8. The van der Waals surface area contributed by atoms with Crippen molar-refractivity contribution in [3.63, 3.8) is 0 Å². The fourth-order valence-corrected chi connectivity index (χ4v) is 1.30. The average molecular weight is 295 g/mol. The molecule has 0 heterocycles. The lowest BCUT2D eigenvalue weighted by Gasteiger charge is -2.13. The number of para-hydroxylation sites is 1. The Hall–Kier alpha value is -1.40. The molecule has 1 unspecified atom stereocenters. The Labute approximate surface area is 116 Å². The molecule has 1 aromatic rings. The van der Waals surface area contributed by atoms with Gasteiger partial charge in [-0.3, -0.25) is 4.79 Å². The van der Waals surface area contributed by atoms with Crippen LogP contribution < -0.4 is 15.4 Å². The van der Waals surface area contributed by atoms with Gasteiger partial charge in [0.05, 0.1) is 5.56 Å². The van der Waals surface area contributed by atoms with Crippen molar-refractivity contribution in [3.05, 3.63) is 29.8 Å². The molecule has 0 saturated carbocycles. The first-order valence-electron chi connectivity index (χ1n) is 5.54. The summed E-state index contributed by atoms with van der Waals surface area (Å²) in [6.07, 6.45) is 0. The highest BCUT2D eigenvalue weighted by Crippen LogP contribution is 2.19. The molecule has 0 aliphatic carbocycles. The Morgan fingerprint density at radius 3 is 2.58 bits per heavy atom. The van der Waals surface area contributed by atoms with Crippen LogP contribution in [0.2, 0.25) is 0 Å². The first-order valence-corrected chi connectivity index (χ1v) is 5.54. The molecule has 0 aromatic heterocycles. The topological polar surface area (TPSA) is 50.4 Å². The number of hydrogen-bond donors (Lipinski definition) is 2. The van der Waals surface area contributed by atoms with E-state index in [9.17, 15) is 13.6 Å². The third-order valence-corrected chi connectivity index (χ3v) is 2.41. The number of rotatable bonds is 6. The van der Waals surface area contributed by atoms with Crippen LogP contribution in [0.4, 0.5) is 8.78 Å². The van der Waals surface area contributed by atoms with Gasteiger partial charge in [-0.05, 0) is 26.1 Å². The molecule has 0 spiro atoms. The molecule has 0 aliphatic heterocycles. The molecule has 4 nitrogen and oxygen atoms in total. The van der Waals surface area contributed by atoms with E-state index in [0.717, 1.165) is 0 Å². The van der Waals surface area contributed by atoms with Crippen LogP contribution in [0.3, 0.4) is 0 Å². The van der Waals surface area contributed by atoms with E-state index in [4.69, 9.17) is 0 Å². The van der Waals surface area contributed by atoms with Crippen LogP contribution in [0.15, 0.2) is 24.3 Å². The molecule has 2 N–H and O–H groups in total. The van der Waals surface area contributed by atoms with Gasteiger partial charge in [0.1, 0.15) is 5.75 Å². The maximum absolute atomic E-state index is 12.2. The number of halogens is 3. The van der Waals surface area contributed by atoms with Crippen molar-refractivity contribution in [3.8, 4) is 5.75 Å². The number of ether oxygens (including phenoxy) is 1. The van der Waals surface area contributed by atoms with Crippen molar-refractivity contribution >= 4 is 18.3 Å². The Balaban J connectivity index is 0.00000324. The zero-order chi connectivity index (χ0) is 13.5. The summed E-state index contributed by atoms with van der Waals surface area (Å²) in [7, 11) is 1.77. The van der Waals surface area contributed by atoms with Gasteiger partial charge >= 0.3 is 6.61 Å². The van der Waals surface area contributed by atoms with Gasteiger partial charge < -0.3 is 15.4 Å². The molecule has 19 heavy (non-hydrogen) atoms. The summed E-state index contributed by atoms with van der Waals surface area (Å²) in [5.41, 5.74) is 0.0982. The Morgan fingerprint density at radius 1 is 1.37 bits per heavy atom. The van der Waals surface area contributed by atoms with Gasteiger partial charge in [-0.1, -0.05) is 12.1 Å². The van der Waals surface area contributed by atoms with Crippen LogP contribution in [0.1, 0.15) is 17.3 Å². The zero-order valence-electron chi connectivity index (χ0n) is 10.7. The van der Waals surface area contributed by atoms with Gasteiger partial charge in [0, 0.05) is 12.6 Å². The number of amides is 1. The number of carbonyl (C=O) groups excluding carboxylic acids is 1. The lowest BCUT2D eigenvalue weighted by atomic mass is 10.2. The lowest BCUT2D eigenvalue weighted by molar-refractivity contribution is -0.0501. The Morgan fingerprint density at radius 2 is 2.00 bits per heavy atom. The lowest BCUT2D eigenvalue weighted by Crippen LogP contribution is -2.37. The highest BCUT2D eigenvalue weighted by atomic mass is 35.5. The Bertz CT molecular complexity index is 405. The third kappa shape index (κ3) is 5.85. The van der Waals surface area contributed by atoms with Crippen LogP contribution in [0.25, 0.3) is 0 Å². The van der Waals surface area contributed by atoms with Gasteiger partial charge in [0.15, 0.2) is 0 Å².